The number of piperazine rings is 2. The van der Waals surface area contributed by atoms with Crippen LogP contribution in [0.4, 0.5) is 9.59 Å². The van der Waals surface area contributed by atoms with Crippen LogP contribution in [0, 0.1) is 0 Å². The lowest BCUT2D eigenvalue weighted by molar-refractivity contribution is -0.125. The van der Waals surface area contributed by atoms with Gasteiger partial charge >= 0.3 is 12.2 Å². The van der Waals surface area contributed by atoms with Crippen LogP contribution in [0.3, 0.4) is 0 Å². The van der Waals surface area contributed by atoms with Crippen LogP contribution in [0.5, 0.6) is 0 Å². The highest BCUT2D eigenvalue weighted by Crippen LogP contribution is 2.12. The van der Waals surface area contributed by atoms with Crippen molar-refractivity contribution in [2.75, 3.05) is 26.2 Å². The van der Waals surface area contributed by atoms with Crippen molar-refractivity contribution in [3.8, 4) is 0 Å². The zero-order valence-corrected chi connectivity index (χ0v) is 20.1. The Morgan fingerprint density at radius 3 is 1.63 bits per heavy atom. The fourth-order valence-electron chi connectivity index (χ4n) is 2.80. The van der Waals surface area contributed by atoms with Gasteiger partial charge in [0.15, 0.2) is 0 Å². The maximum Gasteiger partial charge on any atom is 0.410 e. The van der Waals surface area contributed by atoms with E-state index in [-0.39, 0.29) is 30.6 Å². The Hall–Kier alpha value is -2.10. The lowest BCUT2D eigenvalue weighted by atomic mass is 10.2. The molecule has 2 atom stereocenters. The van der Waals surface area contributed by atoms with E-state index in [1.165, 1.54) is 4.90 Å². The summed E-state index contributed by atoms with van der Waals surface area (Å²) in [6, 6.07) is 0.178. The smallest absolute Gasteiger partial charge is 0.410 e. The van der Waals surface area contributed by atoms with E-state index in [1.54, 1.807) is 25.7 Å². The normalized spacial score (nSPS) is 22.3. The molecule has 2 N–H and O–H groups in total. The van der Waals surface area contributed by atoms with Gasteiger partial charge in [-0.15, -0.1) is 0 Å². The summed E-state index contributed by atoms with van der Waals surface area (Å²) in [5, 5.41) is 5.85. The number of thiocarbonyl (C=S) groups is 1. The molecule has 2 heterocycles. The van der Waals surface area contributed by atoms with Crippen LogP contribution < -0.4 is 10.6 Å². The summed E-state index contributed by atoms with van der Waals surface area (Å²) in [6.45, 7) is 16.5. The second-order valence-electron chi connectivity index (χ2n) is 9.66. The molecule has 2 fully saturated rings. The minimum atomic E-state index is -0.520. The quantitative estimate of drug-likeness (QED) is 0.553. The van der Waals surface area contributed by atoms with Crippen molar-refractivity contribution in [2.45, 2.75) is 78.7 Å². The molecule has 3 amide bonds. The molecule has 0 aromatic carbocycles. The monoisotopic (exact) mass is 444 g/mol. The average molecular weight is 445 g/mol. The lowest BCUT2D eigenvalue weighted by Crippen LogP contribution is -2.55. The van der Waals surface area contributed by atoms with Gasteiger partial charge in [0, 0.05) is 25.2 Å². The number of hydrogen-bond acceptors (Lipinski definition) is 6. The second-order valence-corrected chi connectivity index (χ2v) is 10.2. The lowest BCUT2D eigenvalue weighted by Gasteiger charge is -2.34. The summed E-state index contributed by atoms with van der Waals surface area (Å²) in [7, 11) is 0. The summed E-state index contributed by atoms with van der Waals surface area (Å²) in [5.41, 5.74) is -0.971. The molecular weight excluding hydrogens is 408 g/mol. The number of nitrogens with zero attached hydrogens (tertiary/aromatic N) is 2. The molecule has 2 aliphatic rings. The van der Waals surface area contributed by atoms with Gasteiger partial charge in [0.2, 0.25) is 5.91 Å². The van der Waals surface area contributed by atoms with Crippen molar-refractivity contribution >= 4 is 35.3 Å². The van der Waals surface area contributed by atoms with Gasteiger partial charge < -0.3 is 20.1 Å². The molecule has 0 aliphatic carbocycles. The second kappa shape index (κ2) is 10.3. The van der Waals surface area contributed by atoms with E-state index in [0.29, 0.717) is 24.6 Å². The van der Waals surface area contributed by atoms with E-state index in [2.05, 4.69) is 10.6 Å². The molecule has 2 rings (SSSR count). The summed E-state index contributed by atoms with van der Waals surface area (Å²) < 4.78 is 10.5. The van der Waals surface area contributed by atoms with Gasteiger partial charge in [0.1, 0.15) is 17.7 Å². The highest BCUT2D eigenvalue weighted by Gasteiger charge is 2.29. The number of ether oxygens (including phenoxy) is 2. The van der Waals surface area contributed by atoms with E-state index >= 15 is 0 Å². The van der Waals surface area contributed by atoms with Crippen LogP contribution in [0.15, 0.2) is 0 Å². The first-order valence-corrected chi connectivity index (χ1v) is 10.5. The zero-order chi connectivity index (χ0) is 23.3. The van der Waals surface area contributed by atoms with Crippen LogP contribution in [0.25, 0.3) is 0 Å². The first-order valence-electron chi connectivity index (χ1n) is 10.1. The maximum atomic E-state index is 11.7. The van der Waals surface area contributed by atoms with Gasteiger partial charge in [-0.2, -0.15) is 0 Å². The molecule has 30 heavy (non-hydrogen) atoms. The van der Waals surface area contributed by atoms with Crippen LogP contribution in [-0.2, 0) is 14.3 Å². The highest BCUT2D eigenvalue weighted by atomic mass is 32.1. The Labute approximate surface area is 184 Å². The Kier molecular flexibility index (Phi) is 8.89. The van der Waals surface area contributed by atoms with Gasteiger partial charge in [-0.25, -0.2) is 9.59 Å². The molecular formula is C20H36N4O5S. The summed E-state index contributed by atoms with van der Waals surface area (Å²) in [6.07, 6.45) is -0.720. The Morgan fingerprint density at radius 2 is 1.27 bits per heavy atom. The number of nitrogens with one attached hydrogen (secondary N) is 2. The van der Waals surface area contributed by atoms with Crippen LogP contribution in [-0.4, -0.2) is 82.3 Å². The fourth-order valence-corrected chi connectivity index (χ4v) is 3.16. The molecule has 0 unspecified atom stereocenters. The van der Waals surface area contributed by atoms with Crippen LogP contribution in [0.2, 0.25) is 0 Å². The number of rotatable bonds is 0. The summed E-state index contributed by atoms with van der Waals surface area (Å²) in [4.78, 5) is 38.3. The van der Waals surface area contributed by atoms with Crippen molar-refractivity contribution < 1.29 is 23.9 Å². The molecule has 2 aliphatic heterocycles. The topological polar surface area (TPSA) is 100 Å². The number of amides is 3. The van der Waals surface area contributed by atoms with Crippen LogP contribution in [0.1, 0.15) is 55.4 Å². The van der Waals surface area contributed by atoms with E-state index in [1.807, 2.05) is 34.6 Å². The van der Waals surface area contributed by atoms with E-state index in [0.717, 1.165) is 0 Å². The SMILES string of the molecule is C[C@H]1CN(C(=O)OC(C)(C)C)CC(=O)N1.C[C@H]1CN(C(=O)OC(C)(C)C)CC(=S)N1. The summed E-state index contributed by atoms with van der Waals surface area (Å²) >= 11 is 5.06. The zero-order valence-electron chi connectivity index (χ0n) is 19.3. The van der Waals surface area contributed by atoms with Crippen molar-refractivity contribution in [3.05, 3.63) is 0 Å². The minimum absolute atomic E-state index is 0.0150. The van der Waals surface area contributed by atoms with Gasteiger partial charge in [-0.3, -0.25) is 14.6 Å². The summed E-state index contributed by atoms with van der Waals surface area (Å²) in [5.74, 6) is -0.139. The van der Waals surface area contributed by atoms with E-state index in [9.17, 15) is 14.4 Å². The van der Waals surface area contributed by atoms with Gasteiger partial charge in [-0.05, 0) is 55.4 Å². The maximum absolute atomic E-state index is 11.7. The first kappa shape index (κ1) is 25.9. The van der Waals surface area contributed by atoms with Gasteiger partial charge in [-0.1, -0.05) is 12.2 Å². The molecule has 10 heteroatoms. The molecule has 2 saturated heterocycles. The first-order chi connectivity index (χ1) is 13.6. The number of carbonyl (C=O) groups is 3. The largest absolute Gasteiger partial charge is 0.444 e. The predicted octanol–water partition coefficient (Wildman–Crippen LogP) is 2.28. The molecule has 172 valence electrons. The standard InChI is InChI=1S/C10H18N2O3.C10H18N2O2S/c1-7-5-12(6-8(13)11-7)9(14)15-10(2,3)4;1-7-5-12(6-8(15)11-7)9(13)14-10(2,3)4/h7H,5-6H2,1-4H3,(H,11,13);7H,5-6H2,1-4H3,(H,11,15)/t2*7-/m00/s1. The number of carbonyl (C=O) groups excluding carboxylic acids is 3. The molecule has 0 spiro atoms. The minimum Gasteiger partial charge on any atom is -0.444 e. The highest BCUT2D eigenvalue weighted by molar-refractivity contribution is 7.80. The van der Waals surface area contributed by atoms with Crippen molar-refractivity contribution in [3.63, 3.8) is 0 Å². The Morgan fingerprint density at radius 1 is 0.867 bits per heavy atom. The van der Waals surface area contributed by atoms with E-state index < -0.39 is 17.3 Å². The van der Waals surface area contributed by atoms with Gasteiger partial charge in [0.25, 0.3) is 0 Å². The number of hydrogen-bond donors (Lipinski definition) is 2. The van der Waals surface area contributed by atoms with Crippen molar-refractivity contribution in [1.82, 2.24) is 20.4 Å². The average Bonchev–Trinajstić information content (AvgIpc) is 2.50. The Balaban J connectivity index is 0.000000300. The van der Waals surface area contributed by atoms with Crippen molar-refractivity contribution in [1.29, 1.82) is 0 Å². The fraction of sp³-hybridized carbons (Fsp3) is 0.800. The third kappa shape index (κ3) is 10.1. The molecule has 0 aromatic heterocycles. The molecule has 0 bridgehead atoms. The van der Waals surface area contributed by atoms with Crippen LogP contribution >= 0.6 is 12.2 Å². The third-order valence-corrected chi connectivity index (χ3v) is 4.02. The molecule has 0 radical (unpaired) electrons. The van der Waals surface area contributed by atoms with E-state index in [4.69, 9.17) is 21.7 Å². The molecule has 0 saturated carbocycles. The Bertz CT molecular complexity index is 601. The molecule has 9 nitrogen and oxygen atoms in total. The predicted molar refractivity (Wildman–Crippen MR) is 118 cm³/mol. The third-order valence-electron chi connectivity index (χ3n) is 3.78. The van der Waals surface area contributed by atoms with Crippen molar-refractivity contribution in [2.24, 2.45) is 0 Å². The van der Waals surface area contributed by atoms with Gasteiger partial charge in [0.05, 0.1) is 11.5 Å². The molecule has 0 aromatic rings.